The van der Waals surface area contributed by atoms with Crippen LogP contribution in [0.2, 0.25) is 0 Å². The molecule has 0 aromatic heterocycles. The molecule has 1 fully saturated rings. The van der Waals surface area contributed by atoms with E-state index in [1.807, 2.05) is 6.92 Å². The smallest absolute Gasteiger partial charge is 0.332 e. The molecule has 20 heavy (non-hydrogen) atoms. The maximum Gasteiger partial charge on any atom is 0.332 e. The van der Waals surface area contributed by atoms with E-state index < -0.39 is 12.1 Å². The largest absolute Gasteiger partial charge is 0.479 e. The molecule has 4 N–H and O–H groups in total. The number of nitrogens with zero attached hydrogens (tertiary/aromatic N) is 1. The summed E-state index contributed by atoms with van der Waals surface area (Å²) >= 11 is 0. The highest BCUT2D eigenvalue weighted by Gasteiger charge is 2.16. The van der Waals surface area contributed by atoms with Crippen molar-refractivity contribution in [3.8, 4) is 0 Å². The zero-order chi connectivity index (χ0) is 15.0. The molecule has 2 atom stereocenters. The van der Waals surface area contributed by atoms with E-state index in [4.69, 9.17) is 14.9 Å². The van der Waals surface area contributed by atoms with Gasteiger partial charge in [0.1, 0.15) is 0 Å². The van der Waals surface area contributed by atoms with Gasteiger partial charge < -0.3 is 25.6 Å². The molecule has 1 aliphatic heterocycles. The molecule has 0 aromatic carbocycles. The Hall–Kier alpha value is -1.38. The fourth-order valence-corrected chi connectivity index (χ4v) is 1.94. The molecule has 0 radical (unpaired) electrons. The van der Waals surface area contributed by atoms with Crippen molar-refractivity contribution in [2.24, 2.45) is 0 Å². The fourth-order valence-electron chi connectivity index (χ4n) is 1.94. The molecule has 1 saturated heterocycles. The summed E-state index contributed by atoms with van der Waals surface area (Å²) in [6, 6.07) is -0.374. The van der Waals surface area contributed by atoms with Gasteiger partial charge in [-0.2, -0.15) is 0 Å². The van der Waals surface area contributed by atoms with Crippen molar-refractivity contribution in [2.75, 3.05) is 39.4 Å². The van der Waals surface area contributed by atoms with Gasteiger partial charge in [0.15, 0.2) is 6.10 Å². The normalized spacial score (nSPS) is 19.1. The minimum Gasteiger partial charge on any atom is -0.479 e. The van der Waals surface area contributed by atoms with Gasteiger partial charge in [0.05, 0.1) is 13.2 Å². The second-order valence-electron chi connectivity index (χ2n) is 4.86. The maximum atomic E-state index is 11.6. The number of hydrogen-bond donors (Lipinski definition) is 4. The van der Waals surface area contributed by atoms with Gasteiger partial charge >= 0.3 is 12.0 Å². The van der Waals surface area contributed by atoms with Gasteiger partial charge in [-0.15, -0.1) is 0 Å². The number of carbonyl (C=O) groups excluding carboxylic acids is 1. The van der Waals surface area contributed by atoms with Crippen molar-refractivity contribution in [2.45, 2.75) is 25.5 Å². The molecule has 1 rings (SSSR count). The Morgan fingerprint density at radius 1 is 1.35 bits per heavy atom. The number of rotatable bonds is 7. The molecule has 0 saturated carbocycles. The SMILES string of the molecule is CC(CN1CCOCC1)NC(=O)NCCC(O)C(=O)O. The Morgan fingerprint density at radius 3 is 2.60 bits per heavy atom. The van der Waals surface area contributed by atoms with Crippen LogP contribution in [0, 0.1) is 0 Å². The third kappa shape index (κ3) is 6.69. The van der Waals surface area contributed by atoms with E-state index in [-0.39, 0.29) is 25.0 Å². The zero-order valence-corrected chi connectivity index (χ0v) is 11.7. The third-order valence-electron chi connectivity index (χ3n) is 3.00. The number of carboxylic acids is 1. The van der Waals surface area contributed by atoms with Crippen molar-refractivity contribution < 1.29 is 24.5 Å². The zero-order valence-electron chi connectivity index (χ0n) is 11.7. The van der Waals surface area contributed by atoms with Gasteiger partial charge in [-0.25, -0.2) is 9.59 Å². The van der Waals surface area contributed by atoms with E-state index >= 15 is 0 Å². The first-order valence-corrected chi connectivity index (χ1v) is 6.74. The van der Waals surface area contributed by atoms with Crippen molar-refractivity contribution in [1.29, 1.82) is 0 Å². The number of morpholine rings is 1. The summed E-state index contributed by atoms with van der Waals surface area (Å²) in [6.45, 7) is 5.91. The first-order valence-electron chi connectivity index (χ1n) is 6.74. The first-order chi connectivity index (χ1) is 9.49. The summed E-state index contributed by atoms with van der Waals surface area (Å²) in [5.74, 6) is -1.28. The molecule has 0 aliphatic carbocycles. The van der Waals surface area contributed by atoms with Crippen LogP contribution in [-0.4, -0.2) is 78.7 Å². The molecule has 116 valence electrons. The van der Waals surface area contributed by atoms with E-state index in [1.54, 1.807) is 0 Å². The second kappa shape index (κ2) is 8.72. The van der Waals surface area contributed by atoms with Crippen molar-refractivity contribution >= 4 is 12.0 Å². The molecule has 0 bridgehead atoms. The van der Waals surface area contributed by atoms with E-state index in [1.165, 1.54) is 0 Å². The Labute approximate surface area is 118 Å². The second-order valence-corrected chi connectivity index (χ2v) is 4.86. The maximum absolute atomic E-state index is 11.6. The number of amides is 2. The van der Waals surface area contributed by atoms with Crippen LogP contribution >= 0.6 is 0 Å². The lowest BCUT2D eigenvalue weighted by molar-refractivity contribution is -0.146. The van der Waals surface area contributed by atoms with Crippen molar-refractivity contribution in [1.82, 2.24) is 15.5 Å². The molecule has 2 unspecified atom stereocenters. The van der Waals surface area contributed by atoms with Crippen LogP contribution in [-0.2, 0) is 9.53 Å². The Morgan fingerprint density at radius 2 is 2.00 bits per heavy atom. The molecule has 0 spiro atoms. The van der Waals surface area contributed by atoms with E-state index in [9.17, 15) is 9.59 Å². The van der Waals surface area contributed by atoms with Gasteiger partial charge in [0, 0.05) is 38.6 Å². The number of aliphatic hydroxyl groups is 1. The molecular formula is C12H23N3O5. The molecule has 2 amide bonds. The van der Waals surface area contributed by atoms with Crippen LogP contribution in [0.5, 0.6) is 0 Å². The lowest BCUT2D eigenvalue weighted by Crippen LogP contribution is -2.48. The van der Waals surface area contributed by atoms with Gasteiger partial charge in [0.25, 0.3) is 0 Å². The molecule has 0 aromatic rings. The number of hydrogen-bond acceptors (Lipinski definition) is 5. The van der Waals surface area contributed by atoms with Gasteiger partial charge in [-0.05, 0) is 6.92 Å². The summed E-state index contributed by atoms with van der Waals surface area (Å²) < 4.78 is 5.24. The summed E-state index contributed by atoms with van der Waals surface area (Å²) in [4.78, 5) is 24.1. The minimum atomic E-state index is -1.44. The summed E-state index contributed by atoms with van der Waals surface area (Å²) in [6.07, 6.45) is -1.46. The van der Waals surface area contributed by atoms with Crippen LogP contribution in [0.4, 0.5) is 4.79 Å². The van der Waals surface area contributed by atoms with Crippen LogP contribution in [0.25, 0.3) is 0 Å². The lowest BCUT2D eigenvalue weighted by Gasteiger charge is -2.29. The standard InChI is InChI=1S/C12H23N3O5/c1-9(8-15-4-6-20-7-5-15)14-12(19)13-3-2-10(16)11(17)18/h9-10,16H,2-8H2,1H3,(H,17,18)(H2,13,14,19). The topological polar surface area (TPSA) is 111 Å². The van der Waals surface area contributed by atoms with Gasteiger partial charge in [0.2, 0.25) is 0 Å². The first kappa shape index (κ1) is 16.7. The van der Waals surface area contributed by atoms with Crippen LogP contribution in [0.1, 0.15) is 13.3 Å². The highest BCUT2D eigenvalue weighted by molar-refractivity contribution is 5.74. The highest BCUT2D eigenvalue weighted by atomic mass is 16.5. The summed E-state index contributed by atoms with van der Waals surface area (Å²) in [7, 11) is 0. The average molecular weight is 289 g/mol. The molecule has 1 heterocycles. The van der Waals surface area contributed by atoms with Gasteiger partial charge in [-0.1, -0.05) is 0 Å². The van der Waals surface area contributed by atoms with E-state index in [0.29, 0.717) is 13.2 Å². The number of nitrogens with one attached hydrogen (secondary N) is 2. The summed E-state index contributed by atoms with van der Waals surface area (Å²) in [5.41, 5.74) is 0. The molecular weight excluding hydrogens is 266 g/mol. The Bertz CT molecular complexity index is 320. The van der Waals surface area contributed by atoms with Crippen molar-refractivity contribution in [3.05, 3.63) is 0 Å². The van der Waals surface area contributed by atoms with Crippen LogP contribution < -0.4 is 10.6 Å². The Kier molecular flexibility index (Phi) is 7.27. The van der Waals surface area contributed by atoms with Crippen LogP contribution in [0.3, 0.4) is 0 Å². The van der Waals surface area contributed by atoms with E-state index in [2.05, 4.69) is 15.5 Å². The number of carboxylic acid groups (broad SMARTS) is 1. The number of aliphatic carboxylic acids is 1. The monoisotopic (exact) mass is 289 g/mol. The number of carbonyl (C=O) groups is 2. The number of aliphatic hydroxyl groups excluding tert-OH is 1. The lowest BCUT2D eigenvalue weighted by atomic mass is 10.2. The molecule has 8 heteroatoms. The number of ether oxygens (including phenoxy) is 1. The fraction of sp³-hybridized carbons (Fsp3) is 0.833. The van der Waals surface area contributed by atoms with Crippen LogP contribution in [0.15, 0.2) is 0 Å². The van der Waals surface area contributed by atoms with Crippen molar-refractivity contribution in [3.63, 3.8) is 0 Å². The molecule has 1 aliphatic rings. The van der Waals surface area contributed by atoms with Gasteiger partial charge in [-0.3, -0.25) is 4.90 Å². The third-order valence-corrected chi connectivity index (χ3v) is 3.00. The minimum absolute atomic E-state index is 0.0133. The summed E-state index contributed by atoms with van der Waals surface area (Å²) in [5, 5.41) is 22.8. The quantitative estimate of drug-likeness (QED) is 0.470. The molecule has 8 nitrogen and oxygen atoms in total. The highest BCUT2D eigenvalue weighted by Crippen LogP contribution is 1.98. The predicted octanol–water partition coefficient (Wildman–Crippen LogP) is -1.16. The van der Waals surface area contributed by atoms with E-state index in [0.717, 1.165) is 19.6 Å². The average Bonchev–Trinajstić information content (AvgIpc) is 2.39. The Balaban J connectivity index is 2.12. The number of urea groups is 1. The predicted molar refractivity (Wildman–Crippen MR) is 71.5 cm³/mol.